The molecule has 1 heterocycles. The summed E-state index contributed by atoms with van der Waals surface area (Å²) >= 11 is 0. The smallest absolute Gasteiger partial charge is 0.256 e. The van der Waals surface area contributed by atoms with Crippen LogP contribution in [-0.2, 0) is 10.0 Å². The summed E-state index contributed by atoms with van der Waals surface area (Å²) in [7, 11) is -0.675. The summed E-state index contributed by atoms with van der Waals surface area (Å²) in [6.07, 6.45) is 4.02. The van der Waals surface area contributed by atoms with Crippen LogP contribution in [0.3, 0.4) is 0 Å². The summed E-state index contributed by atoms with van der Waals surface area (Å²) < 4.78 is 28.2. The van der Waals surface area contributed by atoms with Crippen LogP contribution in [0.2, 0.25) is 0 Å². The third-order valence-electron chi connectivity index (χ3n) is 5.24. The first kappa shape index (κ1) is 19.6. The summed E-state index contributed by atoms with van der Waals surface area (Å²) in [5.41, 5.74) is 1.71. The quantitative estimate of drug-likeness (QED) is 0.822. The first-order valence-electron chi connectivity index (χ1n) is 9.01. The average Bonchev–Trinajstić information content (AvgIpc) is 3.35. The molecule has 0 aliphatic heterocycles. The lowest BCUT2D eigenvalue weighted by Gasteiger charge is -2.18. The molecular weight excluding hydrogens is 364 g/mol. The highest BCUT2D eigenvalue weighted by Gasteiger charge is 2.31. The minimum atomic E-state index is -3.64. The summed E-state index contributed by atoms with van der Waals surface area (Å²) in [5, 5.41) is 7.21. The molecule has 2 aromatic rings. The molecule has 27 heavy (non-hydrogen) atoms. The van der Waals surface area contributed by atoms with E-state index in [0.717, 1.165) is 9.87 Å². The fourth-order valence-corrected chi connectivity index (χ4v) is 4.34. The van der Waals surface area contributed by atoms with Crippen LogP contribution in [0.4, 0.5) is 5.82 Å². The molecule has 1 aromatic heterocycles. The molecule has 1 saturated carbocycles. The first-order chi connectivity index (χ1) is 12.6. The van der Waals surface area contributed by atoms with Crippen molar-refractivity contribution in [2.24, 2.45) is 5.92 Å². The van der Waals surface area contributed by atoms with Crippen molar-refractivity contribution in [1.29, 1.82) is 0 Å². The zero-order valence-corrected chi connectivity index (χ0v) is 17.2. The number of hydrogen-bond acceptors (Lipinski definition) is 4. The summed E-state index contributed by atoms with van der Waals surface area (Å²) in [6, 6.07) is 5.14. The van der Waals surface area contributed by atoms with Crippen LogP contribution in [0.25, 0.3) is 0 Å². The van der Waals surface area contributed by atoms with Gasteiger partial charge in [0.15, 0.2) is 0 Å². The number of aromatic nitrogens is 2. The summed E-state index contributed by atoms with van der Waals surface area (Å²) in [6.45, 7) is 5.65. The molecule has 0 radical (unpaired) electrons. The van der Waals surface area contributed by atoms with Gasteiger partial charge in [0.25, 0.3) is 5.91 Å². The van der Waals surface area contributed by atoms with Crippen molar-refractivity contribution in [3.8, 4) is 0 Å². The van der Waals surface area contributed by atoms with Gasteiger partial charge in [0, 0.05) is 25.7 Å². The number of aryl methyl sites for hydroxylation is 1. The number of carbonyl (C=O) groups excluding carboxylic acids is 1. The Hall–Kier alpha value is -2.19. The number of nitrogens with zero attached hydrogens (tertiary/aromatic N) is 3. The lowest BCUT2D eigenvalue weighted by atomic mass is 10.1. The number of nitrogens with one attached hydrogen (secondary N) is 1. The monoisotopic (exact) mass is 390 g/mol. The van der Waals surface area contributed by atoms with Crippen LogP contribution in [0.15, 0.2) is 29.3 Å². The third kappa shape index (κ3) is 3.77. The molecule has 0 bridgehead atoms. The highest BCUT2D eigenvalue weighted by atomic mass is 32.2. The molecule has 1 N–H and O–H groups in total. The number of amides is 1. The molecule has 7 nitrogen and oxygen atoms in total. The molecular formula is C19H26N4O3S. The van der Waals surface area contributed by atoms with E-state index in [1.54, 1.807) is 32.2 Å². The lowest BCUT2D eigenvalue weighted by Crippen LogP contribution is -2.24. The molecule has 1 unspecified atom stereocenters. The van der Waals surface area contributed by atoms with Crippen LogP contribution in [0.5, 0.6) is 0 Å². The highest BCUT2D eigenvalue weighted by molar-refractivity contribution is 7.89. The standard InChI is InChI=1S/C19H26N4O3S/c1-12-10-16(11-17(13(12)2)27(25,26)22(4)5)19(24)21-18-8-9-20-23(18)14(3)15-6-7-15/h8-11,14-15H,6-7H2,1-5H3,(H,21,24). The van der Waals surface area contributed by atoms with Gasteiger partial charge >= 0.3 is 0 Å². The van der Waals surface area contributed by atoms with Crippen LogP contribution in [-0.4, -0.2) is 42.5 Å². The number of sulfonamides is 1. The van der Waals surface area contributed by atoms with Gasteiger partial charge in [0.05, 0.1) is 17.1 Å². The number of carbonyl (C=O) groups is 1. The van der Waals surface area contributed by atoms with E-state index >= 15 is 0 Å². The Bertz CT molecular complexity index is 975. The van der Waals surface area contributed by atoms with Gasteiger partial charge in [-0.3, -0.25) is 4.79 Å². The molecule has 1 fully saturated rings. The van der Waals surface area contributed by atoms with Gasteiger partial charge in [-0.05, 0) is 62.8 Å². The van der Waals surface area contributed by atoms with Crippen LogP contribution < -0.4 is 5.32 Å². The SMILES string of the molecule is Cc1cc(C(=O)Nc2ccnn2C(C)C2CC2)cc(S(=O)(=O)N(C)C)c1C. The Morgan fingerprint density at radius 2 is 1.96 bits per heavy atom. The Morgan fingerprint density at radius 3 is 2.56 bits per heavy atom. The second kappa shape index (κ2) is 7.09. The zero-order valence-electron chi connectivity index (χ0n) is 16.4. The van der Waals surface area contributed by atoms with Crippen LogP contribution in [0.1, 0.15) is 47.3 Å². The van der Waals surface area contributed by atoms with Gasteiger partial charge in [-0.15, -0.1) is 0 Å². The van der Waals surface area contributed by atoms with Crippen molar-refractivity contribution >= 4 is 21.7 Å². The molecule has 1 amide bonds. The molecule has 8 heteroatoms. The topological polar surface area (TPSA) is 84.3 Å². The first-order valence-corrected chi connectivity index (χ1v) is 10.5. The predicted octanol–water partition coefficient (Wildman–Crippen LogP) is 2.97. The normalized spacial score (nSPS) is 15.8. The van der Waals surface area contributed by atoms with E-state index in [0.29, 0.717) is 22.9 Å². The third-order valence-corrected chi connectivity index (χ3v) is 7.18. The van der Waals surface area contributed by atoms with E-state index in [-0.39, 0.29) is 16.8 Å². The largest absolute Gasteiger partial charge is 0.307 e. The van der Waals surface area contributed by atoms with E-state index in [9.17, 15) is 13.2 Å². The Labute approximate surface area is 160 Å². The van der Waals surface area contributed by atoms with Crippen molar-refractivity contribution in [2.75, 3.05) is 19.4 Å². The minimum absolute atomic E-state index is 0.150. The second-order valence-corrected chi connectivity index (χ2v) is 9.52. The Morgan fingerprint density at radius 1 is 1.30 bits per heavy atom. The van der Waals surface area contributed by atoms with Crippen molar-refractivity contribution in [3.05, 3.63) is 41.1 Å². The second-order valence-electron chi connectivity index (χ2n) is 7.40. The number of anilines is 1. The van der Waals surface area contributed by atoms with Crippen molar-refractivity contribution in [3.63, 3.8) is 0 Å². The van der Waals surface area contributed by atoms with E-state index < -0.39 is 10.0 Å². The Kier molecular flexibility index (Phi) is 5.14. The fraction of sp³-hybridized carbons (Fsp3) is 0.474. The van der Waals surface area contributed by atoms with E-state index in [1.807, 2.05) is 4.68 Å². The summed E-state index contributed by atoms with van der Waals surface area (Å²) in [4.78, 5) is 13.0. The number of rotatable bonds is 6. The minimum Gasteiger partial charge on any atom is -0.307 e. The maximum atomic E-state index is 12.8. The predicted molar refractivity (Wildman–Crippen MR) is 104 cm³/mol. The van der Waals surface area contributed by atoms with Gasteiger partial charge < -0.3 is 5.32 Å². The average molecular weight is 391 g/mol. The number of benzene rings is 1. The van der Waals surface area contributed by atoms with Gasteiger partial charge in [-0.2, -0.15) is 5.10 Å². The molecule has 3 rings (SSSR count). The van der Waals surface area contributed by atoms with Gasteiger partial charge in [0.1, 0.15) is 5.82 Å². The van der Waals surface area contributed by atoms with Gasteiger partial charge in [-0.25, -0.2) is 17.4 Å². The summed E-state index contributed by atoms with van der Waals surface area (Å²) in [5.74, 6) is 0.867. The molecule has 1 aliphatic rings. The molecule has 1 aromatic carbocycles. The van der Waals surface area contributed by atoms with Crippen LogP contribution in [0, 0.1) is 19.8 Å². The molecule has 1 aliphatic carbocycles. The van der Waals surface area contributed by atoms with Gasteiger partial charge in [0.2, 0.25) is 10.0 Å². The highest BCUT2D eigenvalue weighted by Crippen LogP contribution is 2.40. The van der Waals surface area contributed by atoms with Crippen LogP contribution >= 0.6 is 0 Å². The maximum Gasteiger partial charge on any atom is 0.256 e. The van der Waals surface area contributed by atoms with Crippen molar-refractivity contribution < 1.29 is 13.2 Å². The molecule has 146 valence electrons. The fourth-order valence-electron chi connectivity index (χ4n) is 3.13. The van der Waals surface area contributed by atoms with E-state index in [4.69, 9.17) is 0 Å². The lowest BCUT2D eigenvalue weighted by molar-refractivity contribution is 0.102. The van der Waals surface area contributed by atoms with Crippen molar-refractivity contribution in [2.45, 2.75) is 44.6 Å². The molecule has 0 spiro atoms. The molecule has 0 saturated heterocycles. The maximum absolute atomic E-state index is 12.8. The zero-order chi connectivity index (χ0) is 19.9. The van der Waals surface area contributed by atoms with Gasteiger partial charge in [-0.1, -0.05) is 0 Å². The Balaban J connectivity index is 1.92. The van der Waals surface area contributed by atoms with E-state index in [1.165, 1.54) is 33.0 Å². The van der Waals surface area contributed by atoms with Crippen molar-refractivity contribution in [1.82, 2.24) is 14.1 Å². The van der Waals surface area contributed by atoms with E-state index in [2.05, 4.69) is 17.3 Å². The number of hydrogen-bond donors (Lipinski definition) is 1. The molecule has 1 atom stereocenters.